The second kappa shape index (κ2) is 7.94. The number of anilines is 1. The van der Waals surface area contributed by atoms with Gasteiger partial charge in [-0.25, -0.2) is 22.5 Å². The molecule has 0 aromatic carbocycles. The van der Waals surface area contributed by atoms with E-state index in [-0.39, 0.29) is 0 Å². The predicted molar refractivity (Wildman–Crippen MR) is 80.8 cm³/mol. The molecule has 0 amide bonds. The van der Waals surface area contributed by atoms with Crippen LogP contribution in [0.15, 0.2) is 18.3 Å². The first-order valence-electron chi connectivity index (χ1n) is 6.62. The Morgan fingerprint density at radius 2 is 2.19 bits per heavy atom. The zero-order chi connectivity index (χ0) is 15.9. The summed E-state index contributed by atoms with van der Waals surface area (Å²) in [6.07, 6.45) is 3.37. The molecular formula is C13H21N3O4S. The molecule has 0 aliphatic heterocycles. The van der Waals surface area contributed by atoms with Gasteiger partial charge >= 0.3 is 5.97 Å². The van der Waals surface area contributed by atoms with E-state index in [9.17, 15) is 13.2 Å². The maximum Gasteiger partial charge on any atom is 0.341 e. The monoisotopic (exact) mass is 315 g/mol. The predicted octanol–water partition coefficient (Wildman–Crippen LogP) is 0.952. The van der Waals surface area contributed by atoms with Gasteiger partial charge in [0.25, 0.3) is 0 Å². The fraction of sp³-hybridized carbons (Fsp3) is 0.538. The summed E-state index contributed by atoms with van der Waals surface area (Å²) >= 11 is 0. The van der Waals surface area contributed by atoms with E-state index in [1.54, 1.807) is 25.3 Å². The van der Waals surface area contributed by atoms with E-state index in [0.717, 1.165) is 0 Å². The van der Waals surface area contributed by atoms with Crippen molar-refractivity contribution in [3.05, 3.63) is 23.9 Å². The highest BCUT2D eigenvalue weighted by molar-refractivity contribution is 7.88. The lowest BCUT2D eigenvalue weighted by atomic mass is 10.2. The van der Waals surface area contributed by atoms with E-state index in [1.807, 2.05) is 0 Å². The molecule has 118 valence electrons. The molecule has 1 aromatic heterocycles. The van der Waals surface area contributed by atoms with Crippen LogP contribution < -0.4 is 5.32 Å². The number of sulfonamides is 1. The van der Waals surface area contributed by atoms with Crippen molar-refractivity contribution < 1.29 is 17.9 Å². The lowest BCUT2D eigenvalue weighted by molar-refractivity contribution is 0.0601. The van der Waals surface area contributed by atoms with E-state index >= 15 is 0 Å². The normalized spacial score (nSPS) is 11.4. The molecule has 0 unspecified atom stereocenters. The van der Waals surface area contributed by atoms with E-state index in [1.165, 1.54) is 17.7 Å². The Balaban J connectivity index is 2.55. The maximum absolute atomic E-state index is 11.6. The quantitative estimate of drug-likeness (QED) is 0.567. The van der Waals surface area contributed by atoms with Gasteiger partial charge in [0.15, 0.2) is 0 Å². The van der Waals surface area contributed by atoms with Gasteiger partial charge in [0.1, 0.15) is 11.4 Å². The fourth-order valence-electron chi connectivity index (χ4n) is 1.84. The highest BCUT2D eigenvalue weighted by Crippen LogP contribution is 2.12. The SMILES string of the molecule is CCN(CCCNc1ncccc1C(=O)OC)S(C)(=O)=O. The summed E-state index contributed by atoms with van der Waals surface area (Å²) in [6.45, 7) is 3.16. The summed E-state index contributed by atoms with van der Waals surface area (Å²) in [4.78, 5) is 15.7. The summed E-state index contributed by atoms with van der Waals surface area (Å²) < 4.78 is 29.0. The Kier molecular flexibility index (Phi) is 6.57. The highest BCUT2D eigenvalue weighted by atomic mass is 32.2. The Morgan fingerprint density at radius 3 is 2.76 bits per heavy atom. The van der Waals surface area contributed by atoms with Crippen LogP contribution >= 0.6 is 0 Å². The minimum atomic E-state index is -3.17. The van der Waals surface area contributed by atoms with Crippen molar-refractivity contribution in [2.75, 3.05) is 38.3 Å². The minimum absolute atomic E-state index is 0.357. The molecule has 1 aromatic rings. The number of aromatic nitrogens is 1. The molecule has 7 nitrogen and oxygen atoms in total. The molecule has 1 N–H and O–H groups in total. The Morgan fingerprint density at radius 1 is 1.48 bits per heavy atom. The van der Waals surface area contributed by atoms with Crippen LogP contribution in [0, 0.1) is 0 Å². The summed E-state index contributed by atoms with van der Waals surface area (Å²) in [5.41, 5.74) is 0.357. The van der Waals surface area contributed by atoms with Gasteiger partial charge in [0.2, 0.25) is 10.0 Å². The van der Waals surface area contributed by atoms with Crippen molar-refractivity contribution in [2.45, 2.75) is 13.3 Å². The second-order valence-corrected chi connectivity index (χ2v) is 6.41. The summed E-state index contributed by atoms with van der Waals surface area (Å²) in [6, 6.07) is 3.27. The van der Waals surface area contributed by atoms with Gasteiger partial charge in [-0.1, -0.05) is 6.92 Å². The molecule has 0 aliphatic rings. The average molecular weight is 315 g/mol. The lowest BCUT2D eigenvalue weighted by Gasteiger charge is -2.17. The number of methoxy groups -OCH3 is 1. The number of carbonyl (C=O) groups excluding carboxylic acids is 1. The molecule has 0 radical (unpaired) electrons. The molecular weight excluding hydrogens is 294 g/mol. The number of hydrogen-bond donors (Lipinski definition) is 1. The molecule has 0 bridgehead atoms. The second-order valence-electron chi connectivity index (χ2n) is 4.43. The van der Waals surface area contributed by atoms with Gasteiger partial charge < -0.3 is 10.1 Å². The molecule has 21 heavy (non-hydrogen) atoms. The van der Waals surface area contributed by atoms with Crippen molar-refractivity contribution in [3.63, 3.8) is 0 Å². The Bertz CT molecular complexity index is 575. The summed E-state index contributed by atoms with van der Waals surface area (Å²) in [5.74, 6) is -0.0244. The van der Waals surface area contributed by atoms with Crippen LogP contribution in [0.1, 0.15) is 23.7 Å². The minimum Gasteiger partial charge on any atom is -0.465 e. The third-order valence-electron chi connectivity index (χ3n) is 2.91. The van der Waals surface area contributed by atoms with E-state index in [2.05, 4.69) is 15.0 Å². The number of carbonyl (C=O) groups is 1. The Labute approximate surface area is 125 Å². The molecule has 0 spiro atoms. The van der Waals surface area contributed by atoms with Crippen LogP contribution in [0.25, 0.3) is 0 Å². The molecule has 0 fully saturated rings. The standard InChI is InChI=1S/C13H21N3O4S/c1-4-16(21(3,18)19)10-6-9-15-12-11(13(17)20-2)7-5-8-14-12/h5,7-8H,4,6,9-10H2,1-3H3,(H,14,15). The smallest absolute Gasteiger partial charge is 0.341 e. The van der Waals surface area contributed by atoms with Crippen molar-refractivity contribution in [3.8, 4) is 0 Å². The first-order valence-corrected chi connectivity index (χ1v) is 8.47. The summed E-state index contributed by atoms with van der Waals surface area (Å²) in [7, 11) is -1.86. The molecule has 0 saturated carbocycles. The zero-order valence-corrected chi connectivity index (χ0v) is 13.3. The number of hydrogen-bond acceptors (Lipinski definition) is 6. The van der Waals surface area contributed by atoms with Crippen molar-refractivity contribution in [1.29, 1.82) is 0 Å². The van der Waals surface area contributed by atoms with Gasteiger partial charge in [0, 0.05) is 25.8 Å². The third-order valence-corrected chi connectivity index (χ3v) is 4.29. The van der Waals surface area contributed by atoms with Crippen molar-refractivity contribution in [2.24, 2.45) is 0 Å². The molecule has 1 heterocycles. The van der Waals surface area contributed by atoms with Crippen LogP contribution in [-0.4, -0.2) is 56.7 Å². The van der Waals surface area contributed by atoms with Crippen LogP contribution in [0.3, 0.4) is 0 Å². The van der Waals surface area contributed by atoms with Gasteiger partial charge in [-0.3, -0.25) is 0 Å². The van der Waals surface area contributed by atoms with Crippen molar-refractivity contribution in [1.82, 2.24) is 9.29 Å². The number of pyridine rings is 1. The molecule has 0 aliphatic carbocycles. The van der Waals surface area contributed by atoms with Crippen LogP contribution in [0.2, 0.25) is 0 Å². The van der Waals surface area contributed by atoms with Crippen LogP contribution in [0.4, 0.5) is 5.82 Å². The highest BCUT2D eigenvalue weighted by Gasteiger charge is 2.14. The topological polar surface area (TPSA) is 88.6 Å². The number of nitrogens with one attached hydrogen (secondary N) is 1. The van der Waals surface area contributed by atoms with Gasteiger partial charge in [-0.15, -0.1) is 0 Å². The molecule has 1 rings (SSSR count). The van der Waals surface area contributed by atoms with Crippen LogP contribution in [-0.2, 0) is 14.8 Å². The van der Waals surface area contributed by atoms with Gasteiger partial charge in [-0.05, 0) is 18.6 Å². The fourth-order valence-corrected chi connectivity index (χ4v) is 2.77. The third kappa shape index (κ3) is 5.31. The Hall–Kier alpha value is -1.67. The zero-order valence-electron chi connectivity index (χ0n) is 12.5. The van der Waals surface area contributed by atoms with E-state index < -0.39 is 16.0 Å². The van der Waals surface area contributed by atoms with Gasteiger partial charge in [0.05, 0.1) is 13.4 Å². The van der Waals surface area contributed by atoms with E-state index in [0.29, 0.717) is 37.4 Å². The maximum atomic E-state index is 11.6. The van der Waals surface area contributed by atoms with Gasteiger partial charge in [-0.2, -0.15) is 0 Å². The van der Waals surface area contributed by atoms with E-state index in [4.69, 9.17) is 0 Å². The number of nitrogens with zero attached hydrogens (tertiary/aromatic N) is 2. The average Bonchev–Trinajstić information content (AvgIpc) is 2.45. The largest absolute Gasteiger partial charge is 0.465 e. The van der Waals surface area contributed by atoms with Crippen LogP contribution in [0.5, 0.6) is 0 Å². The number of ether oxygens (including phenoxy) is 1. The molecule has 8 heteroatoms. The first-order chi connectivity index (χ1) is 9.90. The van der Waals surface area contributed by atoms with Crippen molar-refractivity contribution >= 4 is 21.8 Å². The number of rotatable bonds is 8. The number of esters is 1. The molecule has 0 saturated heterocycles. The lowest BCUT2D eigenvalue weighted by Crippen LogP contribution is -2.31. The summed E-state index contributed by atoms with van der Waals surface area (Å²) in [5, 5.41) is 3.03. The molecule has 0 atom stereocenters. The first kappa shape index (κ1) is 17.4.